The lowest BCUT2D eigenvalue weighted by Crippen LogP contribution is -2.49. The minimum atomic E-state index is -4.43. The number of hydrogen-bond donors (Lipinski definition) is 0. The van der Waals surface area contributed by atoms with E-state index in [1.807, 2.05) is 47.1 Å². The first-order chi connectivity index (χ1) is 15.2. The van der Waals surface area contributed by atoms with Crippen LogP contribution in [0.5, 0.6) is 0 Å². The van der Waals surface area contributed by atoms with Gasteiger partial charge in [0.1, 0.15) is 5.82 Å². The molecule has 5 nitrogen and oxygen atoms in total. The topological polar surface area (TPSA) is 49.3 Å². The molecule has 32 heavy (non-hydrogen) atoms. The Bertz CT molecular complexity index is 1140. The fourth-order valence-corrected chi connectivity index (χ4v) is 3.80. The van der Waals surface area contributed by atoms with E-state index >= 15 is 0 Å². The molecule has 0 N–H and O–H groups in total. The lowest BCUT2D eigenvalue weighted by molar-refractivity contribution is -0.137. The van der Waals surface area contributed by atoms with E-state index in [9.17, 15) is 18.0 Å². The maximum absolute atomic E-state index is 13.1. The predicted molar refractivity (Wildman–Crippen MR) is 117 cm³/mol. The monoisotopic (exact) mass is 440 g/mol. The predicted octanol–water partition coefficient (Wildman–Crippen LogP) is 4.74. The van der Waals surface area contributed by atoms with Gasteiger partial charge in [0, 0.05) is 49.1 Å². The Balaban J connectivity index is 1.52. The number of piperazine rings is 1. The number of aromatic nitrogens is 2. The quantitative estimate of drug-likeness (QED) is 0.590. The van der Waals surface area contributed by atoms with E-state index in [1.165, 1.54) is 6.07 Å². The van der Waals surface area contributed by atoms with Crippen LogP contribution in [-0.2, 0) is 6.18 Å². The molecule has 0 saturated carbocycles. The van der Waals surface area contributed by atoms with Crippen LogP contribution in [-0.4, -0.2) is 47.0 Å². The van der Waals surface area contributed by atoms with Gasteiger partial charge in [-0.15, -0.1) is 0 Å². The molecule has 2 aromatic carbocycles. The highest BCUT2D eigenvalue weighted by atomic mass is 19.4. The molecule has 1 aliphatic heterocycles. The molecule has 4 rings (SSSR count). The summed E-state index contributed by atoms with van der Waals surface area (Å²) in [5.41, 5.74) is 1.90. The molecular weight excluding hydrogens is 417 g/mol. The third kappa shape index (κ3) is 4.59. The van der Waals surface area contributed by atoms with Crippen molar-refractivity contribution in [3.63, 3.8) is 0 Å². The molecule has 1 aromatic heterocycles. The van der Waals surface area contributed by atoms with E-state index < -0.39 is 11.7 Å². The summed E-state index contributed by atoms with van der Waals surface area (Å²) in [6.07, 6.45) is -4.43. The number of hydrogen-bond acceptors (Lipinski definition) is 4. The van der Waals surface area contributed by atoms with Gasteiger partial charge >= 0.3 is 6.18 Å². The number of nitrogens with zero attached hydrogens (tertiary/aromatic N) is 4. The summed E-state index contributed by atoms with van der Waals surface area (Å²) in [6.45, 7) is 5.94. The van der Waals surface area contributed by atoms with Crippen molar-refractivity contribution in [3.05, 3.63) is 77.0 Å². The molecule has 0 bridgehead atoms. The molecule has 1 amide bonds. The van der Waals surface area contributed by atoms with Crippen LogP contribution >= 0.6 is 0 Å². The van der Waals surface area contributed by atoms with Crippen LogP contribution in [0.4, 0.5) is 19.0 Å². The first-order valence-electron chi connectivity index (χ1n) is 10.4. The Morgan fingerprint density at radius 2 is 1.62 bits per heavy atom. The molecule has 0 aliphatic carbocycles. The highest BCUT2D eigenvalue weighted by Gasteiger charge is 2.31. The summed E-state index contributed by atoms with van der Waals surface area (Å²) in [7, 11) is 0. The summed E-state index contributed by atoms with van der Waals surface area (Å²) in [5.74, 6) is 0.906. The molecule has 3 aromatic rings. The summed E-state index contributed by atoms with van der Waals surface area (Å²) in [6, 6.07) is 14.4. The Hall–Kier alpha value is -3.42. The second-order valence-electron chi connectivity index (χ2n) is 7.86. The van der Waals surface area contributed by atoms with Crippen molar-refractivity contribution in [1.82, 2.24) is 14.9 Å². The fraction of sp³-hybridized carbons (Fsp3) is 0.292. The third-order valence-electron chi connectivity index (χ3n) is 5.56. The lowest BCUT2D eigenvalue weighted by atomic mass is 10.1. The van der Waals surface area contributed by atoms with E-state index in [4.69, 9.17) is 0 Å². The number of aryl methyl sites for hydroxylation is 2. The van der Waals surface area contributed by atoms with Gasteiger partial charge in [-0.2, -0.15) is 13.2 Å². The van der Waals surface area contributed by atoms with Crippen LogP contribution in [0.3, 0.4) is 0 Å². The smallest absolute Gasteiger partial charge is 0.353 e. The lowest BCUT2D eigenvalue weighted by Gasteiger charge is -2.35. The maximum atomic E-state index is 13.1. The van der Waals surface area contributed by atoms with Gasteiger partial charge in [0.25, 0.3) is 5.91 Å². The van der Waals surface area contributed by atoms with Gasteiger partial charge in [0.15, 0.2) is 5.82 Å². The second-order valence-corrected chi connectivity index (χ2v) is 7.86. The van der Waals surface area contributed by atoms with E-state index in [0.29, 0.717) is 48.8 Å². The molecule has 0 spiro atoms. The normalized spacial score (nSPS) is 14.5. The Kier molecular flexibility index (Phi) is 5.86. The van der Waals surface area contributed by atoms with Crippen molar-refractivity contribution in [2.45, 2.75) is 20.0 Å². The minimum Gasteiger partial charge on any atom is -0.353 e. The number of halogens is 3. The van der Waals surface area contributed by atoms with Crippen molar-refractivity contribution in [3.8, 4) is 11.4 Å². The summed E-state index contributed by atoms with van der Waals surface area (Å²) in [4.78, 5) is 25.6. The first kappa shape index (κ1) is 21.8. The second kappa shape index (κ2) is 8.61. The van der Waals surface area contributed by atoms with Crippen LogP contribution in [0.15, 0.2) is 54.6 Å². The Morgan fingerprint density at radius 1 is 0.906 bits per heavy atom. The molecule has 2 heterocycles. The number of carbonyl (C=O) groups excluding carboxylic acids is 1. The number of alkyl halides is 3. The average molecular weight is 440 g/mol. The molecule has 1 saturated heterocycles. The molecule has 1 aliphatic rings. The number of anilines is 1. The van der Waals surface area contributed by atoms with Crippen LogP contribution in [0.2, 0.25) is 0 Å². The van der Waals surface area contributed by atoms with Gasteiger partial charge in [-0.05, 0) is 37.6 Å². The zero-order valence-corrected chi connectivity index (χ0v) is 17.9. The molecule has 166 valence electrons. The first-order valence-corrected chi connectivity index (χ1v) is 10.4. The van der Waals surface area contributed by atoms with Crippen LogP contribution in [0.1, 0.15) is 27.2 Å². The molecule has 0 radical (unpaired) electrons. The van der Waals surface area contributed by atoms with E-state index in [1.54, 1.807) is 13.0 Å². The summed E-state index contributed by atoms with van der Waals surface area (Å²) < 4.78 is 39.3. The molecule has 8 heteroatoms. The Morgan fingerprint density at radius 3 is 2.31 bits per heavy atom. The van der Waals surface area contributed by atoms with E-state index in [2.05, 4.69) is 9.97 Å². The van der Waals surface area contributed by atoms with Gasteiger partial charge in [-0.3, -0.25) is 4.79 Å². The highest BCUT2D eigenvalue weighted by molar-refractivity contribution is 5.95. The van der Waals surface area contributed by atoms with E-state index in [0.717, 1.165) is 17.7 Å². The van der Waals surface area contributed by atoms with Gasteiger partial charge < -0.3 is 9.80 Å². The number of benzene rings is 2. The number of rotatable bonds is 3. The van der Waals surface area contributed by atoms with Gasteiger partial charge in [0.2, 0.25) is 0 Å². The maximum Gasteiger partial charge on any atom is 0.416 e. The zero-order chi connectivity index (χ0) is 22.9. The van der Waals surface area contributed by atoms with Crippen LogP contribution in [0, 0.1) is 13.8 Å². The number of carbonyl (C=O) groups is 1. The fourth-order valence-electron chi connectivity index (χ4n) is 3.80. The SMILES string of the molecule is Cc1cc(N2CCN(C(=O)c3ccccc3C)CC2)nc(-c2cccc(C(F)(F)F)c2)n1. The van der Waals surface area contributed by atoms with Crippen LogP contribution < -0.4 is 4.90 Å². The molecule has 1 fully saturated rings. The number of amides is 1. The highest BCUT2D eigenvalue weighted by Crippen LogP contribution is 2.32. The average Bonchev–Trinajstić information content (AvgIpc) is 2.78. The van der Waals surface area contributed by atoms with Crippen molar-refractivity contribution in [2.75, 3.05) is 31.1 Å². The van der Waals surface area contributed by atoms with Crippen molar-refractivity contribution in [1.29, 1.82) is 0 Å². The molecular formula is C24H23F3N4O. The van der Waals surface area contributed by atoms with E-state index in [-0.39, 0.29) is 11.7 Å². The summed E-state index contributed by atoms with van der Waals surface area (Å²) in [5, 5.41) is 0. The summed E-state index contributed by atoms with van der Waals surface area (Å²) >= 11 is 0. The third-order valence-corrected chi connectivity index (χ3v) is 5.56. The van der Waals surface area contributed by atoms with Crippen LogP contribution in [0.25, 0.3) is 11.4 Å². The zero-order valence-electron chi connectivity index (χ0n) is 17.9. The molecule has 0 atom stereocenters. The van der Waals surface area contributed by atoms with Gasteiger partial charge in [-0.1, -0.05) is 30.3 Å². The van der Waals surface area contributed by atoms with Gasteiger partial charge in [-0.25, -0.2) is 9.97 Å². The standard InChI is InChI=1S/C24H23F3N4O/c1-16-6-3-4-9-20(16)23(32)31-12-10-30(11-13-31)21-14-17(2)28-22(29-21)18-7-5-8-19(15-18)24(25,26)27/h3-9,14-15H,10-13H2,1-2H3. The van der Waals surface area contributed by atoms with Gasteiger partial charge in [0.05, 0.1) is 5.56 Å². The largest absolute Gasteiger partial charge is 0.416 e. The van der Waals surface area contributed by atoms with Crippen molar-refractivity contribution < 1.29 is 18.0 Å². The van der Waals surface area contributed by atoms with Crippen molar-refractivity contribution in [2.24, 2.45) is 0 Å². The molecule has 0 unspecified atom stereocenters. The Labute approximate surface area is 184 Å². The van der Waals surface area contributed by atoms with Crippen molar-refractivity contribution >= 4 is 11.7 Å². The minimum absolute atomic E-state index is 0.00581.